The lowest BCUT2D eigenvalue weighted by Crippen LogP contribution is -2.02. The first kappa shape index (κ1) is 10.3. The van der Waals surface area contributed by atoms with Gasteiger partial charge in [0.2, 0.25) is 0 Å². The zero-order valence-corrected chi connectivity index (χ0v) is 6.54. The Morgan fingerprint density at radius 1 is 1.67 bits per heavy atom. The quantitative estimate of drug-likeness (QED) is 0.282. The van der Waals surface area contributed by atoms with E-state index in [2.05, 4.69) is 17.9 Å². The van der Waals surface area contributed by atoms with E-state index in [1.54, 1.807) is 0 Å². The van der Waals surface area contributed by atoms with Crippen LogP contribution >= 0.6 is 0 Å². The van der Waals surface area contributed by atoms with Gasteiger partial charge in [-0.1, -0.05) is 6.58 Å². The number of rotatable bonds is 4. The molecule has 4 nitrogen and oxygen atoms in total. The summed E-state index contributed by atoms with van der Waals surface area (Å²) in [5.74, 6) is -1.07. The fourth-order valence-corrected chi connectivity index (χ4v) is 0.492. The summed E-state index contributed by atoms with van der Waals surface area (Å²) >= 11 is 0. The molecule has 0 bridgehead atoms. The molecule has 0 fully saturated rings. The van der Waals surface area contributed by atoms with Gasteiger partial charge in [-0.2, -0.15) is 0 Å². The van der Waals surface area contributed by atoms with Gasteiger partial charge in [0.05, 0.1) is 12.0 Å². The summed E-state index contributed by atoms with van der Waals surface area (Å²) < 4.78 is 16.7. The highest BCUT2D eigenvalue weighted by molar-refractivity contribution is 5.22. The maximum absolute atomic E-state index is 12.1. The van der Waals surface area contributed by atoms with E-state index < -0.39 is 16.4 Å². The average molecular weight is 173 g/mol. The Morgan fingerprint density at radius 2 is 2.17 bits per heavy atom. The van der Waals surface area contributed by atoms with Crippen molar-refractivity contribution in [2.24, 2.45) is 0 Å². The first-order valence-electron chi connectivity index (χ1n) is 2.92. The molecule has 0 atom stereocenters. The average Bonchev–Trinajstić information content (AvgIpc) is 1.98. The van der Waals surface area contributed by atoms with Crippen molar-refractivity contribution in [3.63, 3.8) is 0 Å². The molecule has 0 aromatic heterocycles. The third kappa shape index (κ3) is 2.96. The molecule has 66 valence electrons. The molecule has 12 heavy (non-hydrogen) atoms. The van der Waals surface area contributed by atoms with Crippen LogP contribution < -0.4 is 0 Å². The topological polar surface area (TPSA) is 52.4 Å². The van der Waals surface area contributed by atoms with Crippen LogP contribution in [-0.4, -0.2) is 12.0 Å². The van der Waals surface area contributed by atoms with Gasteiger partial charge in [-0.15, -0.1) is 0 Å². The molecule has 0 heterocycles. The lowest BCUT2D eigenvalue weighted by atomic mass is 10.3. The van der Waals surface area contributed by atoms with Crippen LogP contribution in [0.4, 0.5) is 4.39 Å². The van der Waals surface area contributed by atoms with Gasteiger partial charge in [0.1, 0.15) is 5.83 Å². The Labute approximate surface area is 68.8 Å². The Bertz CT molecular complexity index is 257. The Morgan fingerprint density at radius 3 is 2.42 bits per heavy atom. The van der Waals surface area contributed by atoms with Crippen LogP contribution in [0.15, 0.2) is 36.5 Å². The number of halogens is 1. The largest absolute Gasteiger partial charge is 0.490 e. The molecule has 5 heteroatoms. The molecule has 0 aromatic carbocycles. The number of methoxy groups -OCH3 is 1. The fourth-order valence-electron chi connectivity index (χ4n) is 0.492. The molecule has 0 spiro atoms. The van der Waals surface area contributed by atoms with E-state index in [1.165, 1.54) is 7.11 Å². The molecule has 0 N–H and O–H groups in total. The second kappa shape index (κ2) is 4.27. The number of nitrogens with zero attached hydrogens (tertiary/aromatic N) is 1. The SMILES string of the molecule is C=C(F)/C=C(/OC)C(=C)[N+](=O)[O-]. The molecule has 0 aliphatic heterocycles. The highest BCUT2D eigenvalue weighted by Gasteiger charge is 2.14. The van der Waals surface area contributed by atoms with E-state index in [-0.39, 0.29) is 5.76 Å². The summed E-state index contributed by atoms with van der Waals surface area (Å²) in [6.07, 6.45) is 0.797. The molecule has 0 saturated carbocycles. The second-order valence-electron chi connectivity index (χ2n) is 1.86. The number of ether oxygens (including phenoxy) is 1. The summed E-state index contributed by atoms with van der Waals surface area (Å²) in [6, 6.07) is 0. The summed E-state index contributed by atoms with van der Waals surface area (Å²) in [5, 5.41) is 10.1. The van der Waals surface area contributed by atoms with E-state index in [4.69, 9.17) is 0 Å². The van der Waals surface area contributed by atoms with E-state index >= 15 is 0 Å². The van der Waals surface area contributed by atoms with Crippen LogP contribution in [0, 0.1) is 10.1 Å². The lowest BCUT2D eigenvalue weighted by Gasteiger charge is -2.00. The van der Waals surface area contributed by atoms with E-state index in [1.807, 2.05) is 0 Å². The van der Waals surface area contributed by atoms with Gasteiger partial charge in [-0.3, -0.25) is 10.1 Å². The zero-order valence-electron chi connectivity index (χ0n) is 6.54. The van der Waals surface area contributed by atoms with E-state index in [0.29, 0.717) is 0 Å². The number of hydrogen-bond donors (Lipinski definition) is 0. The van der Waals surface area contributed by atoms with Gasteiger partial charge in [0.25, 0.3) is 0 Å². The third-order valence-corrected chi connectivity index (χ3v) is 1.01. The highest BCUT2D eigenvalue weighted by Crippen LogP contribution is 2.11. The van der Waals surface area contributed by atoms with Crippen molar-refractivity contribution in [2.45, 2.75) is 0 Å². The summed E-state index contributed by atoms with van der Waals surface area (Å²) in [7, 11) is 1.18. The smallest absolute Gasteiger partial charge is 0.303 e. The molecule has 0 radical (unpaired) electrons. The molecular formula is C7H8FNO3. The molecular weight excluding hydrogens is 165 g/mol. The second-order valence-corrected chi connectivity index (χ2v) is 1.86. The number of allylic oxidation sites excluding steroid dienone is 2. The van der Waals surface area contributed by atoms with Crippen LogP contribution in [0.25, 0.3) is 0 Å². The fraction of sp³-hybridized carbons (Fsp3) is 0.143. The van der Waals surface area contributed by atoms with Crippen molar-refractivity contribution in [1.29, 1.82) is 0 Å². The van der Waals surface area contributed by atoms with Crippen molar-refractivity contribution in [2.75, 3.05) is 7.11 Å². The van der Waals surface area contributed by atoms with Gasteiger partial charge in [0.15, 0.2) is 5.76 Å². The summed E-state index contributed by atoms with van der Waals surface area (Å²) in [4.78, 5) is 9.35. The van der Waals surface area contributed by atoms with Crippen molar-refractivity contribution < 1.29 is 14.1 Å². The molecule has 0 aliphatic rings. The van der Waals surface area contributed by atoms with Gasteiger partial charge in [-0.25, -0.2) is 4.39 Å². The van der Waals surface area contributed by atoms with Crippen LogP contribution in [-0.2, 0) is 4.74 Å². The van der Waals surface area contributed by atoms with Gasteiger partial charge in [-0.05, 0) is 6.58 Å². The van der Waals surface area contributed by atoms with E-state index in [9.17, 15) is 14.5 Å². The molecule has 0 unspecified atom stereocenters. The van der Waals surface area contributed by atoms with Crippen molar-refractivity contribution in [1.82, 2.24) is 0 Å². The predicted octanol–water partition coefficient (Wildman–Crippen LogP) is 1.79. The van der Waals surface area contributed by atoms with Crippen LogP contribution in [0.2, 0.25) is 0 Å². The van der Waals surface area contributed by atoms with Gasteiger partial charge < -0.3 is 4.74 Å². The minimum absolute atomic E-state index is 0.243. The molecule has 0 aromatic rings. The molecule has 0 saturated heterocycles. The van der Waals surface area contributed by atoms with Crippen molar-refractivity contribution >= 4 is 0 Å². The van der Waals surface area contributed by atoms with Gasteiger partial charge >= 0.3 is 5.70 Å². The Hall–Kier alpha value is -1.65. The van der Waals surface area contributed by atoms with Crippen LogP contribution in [0.5, 0.6) is 0 Å². The molecule has 0 rings (SSSR count). The van der Waals surface area contributed by atoms with Crippen molar-refractivity contribution in [3.05, 3.63) is 46.6 Å². The molecule has 0 amide bonds. The Kier molecular flexibility index (Phi) is 3.69. The first-order valence-corrected chi connectivity index (χ1v) is 2.92. The maximum Gasteiger partial charge on any atom is 0.303 e. The molecule has 0 aliphatic carbocycles. The standard InChI is InChI=1S/C7H8FNO3/c1-5(8)4-7(12-3)6(2)9(10)11/h4H,1-2H2,3H3/b7-4+. The van der Waals surface area contributed by atoms with Crippen LogP contribution in [0.1, 0.15) is 0 Å². The maximum atomic E-state index is 12.1. The number of nitro groups is 1. The normalized spacial score (nSPS) is 10.7. The van der Waals surface area contributed by atoms with Gasteiger partial charge in [0, 0.05) is 6.08 Å². The van der Waals surface area contributed by atoms with Crippen LogP contribution in [0.3, 0.4) is 0 Å². The number of hydrogen-bond acceptors (Lipinski definition) is 3. The van der Waals surface area contributed by atoms with E-state index in [0.717, 1.165) is 6.08 Å². The predicted molar refractivity (Wildman–Crippen MR) is 41.5 cm³/mol. The lowest BCUT2D eigenvalue weighted by molar-refractivity contribution is -0.423. The summed E-state index contributed by atoms with van der Waals surface area (Å²) in [5.41, 5.74) is -0.503. The minimum Gasteiger partial charge on any atom is -0.490 e. The Balaban J connectivity index is 4.68. The monoisotopic (exact) mass is 173 g/mol. The highest BCUT2D eigenvalue weighted by atomic mass is 19.1. The minimum atomic E-state index is -0.824. The third-order valence-electron chi connectivity index (χ3n) is 1.01. The van der Waals surface area contributed by atoms with Crippen molar-refractivity contribution in [3.8, 4) is 0 Å². The summed E-state index contributed by atoms with van der Waals surface area (Å²) in [6.45, 7) is 5.98. The first-order chi connectivity index (χ1) is 5.49. The zero-order chi connectivity index (χ0) is 9.72.